The lowest BCUT2D eigenvalue weighted by Gasteiger charge is -2.09. The van der Waals surface area contributed by atoms with Crippen molar-refractivity contribution in [3.63, 3.8) is 0 Å². The number of hydrogen-bond donors (Lipinski definition) is 2. The summed E-state index contributed by atoms with van der Waals surface area (Å²) in [5.74, 6) is -0.381. The zero-order valence-corrected chi connectivity index (χ0v) is 16.2. The Morgan fingerprint density at radius 3 is 2.43 bits per heavy atom. The molecule has 2 aromatic carbocycles. The molecule has 0 aliphatic heterocycles. The molecule has 9 nitrogen and oxygen atoms in total. The van der Waals surface area contributed by atoms with Crippen LogP contribution in [0.5, 0.6) is 0 Å². The summed E-state index contributed by atoms with van der Waals surface area (Å²) in [5, 5.41) is 17.2. The molecule has 0 bridgehead atoms. The minimum absolute atomic E-state index is 0.134. The van der Waals surface area contributed by atoms with Crippen LogP contribution in [-0.2, 0) is 7.05 Å². The van der Waals surface area contributed by atoms with Crippen molar-refractivity contribution in [2.45, 2.75) is 18.9 Å². The second-order valence-electron chi connectivity index (χ2n) is 7.13. The molecule has 1 saturated carbocycles. The predicted molar refractivity (Wildman–Crippen MR) is 111 cm³/mol. The van der Waals surface area contributed by atoms with Crippen LogP contribution in [0.3, 0.4) is 0 Å². The summed E-state index contributed by atoms with van der Waals surface area (Å²) in [6.45, 7) is 0. The summed E-state index contributed by atoms with van der Waals surface area (Å²) < 4.78 is 1.63. The molecule has 0 spiro atoms. The van der Waals surface area contributed by atoms with Gasteiger partial charge in [-0.2, -0.15) is 0 Å². The van der Waals surface area contributed by atoms with E-state index >= 15 is 0 Å². The zero-order valence-electron chi connectivity index (χ0n) is 16.2. The molecule has 152 valence electrons. The molecular weight excluding hydrogens is 386 g/mol. The highest BCUT2D eigenvalue weighted by Crippen LogP contribution is 2.31. The Hall–Kier alpha value is -4.01. The average molecular weight is 405 g/mol. The summed E-state index contributed by atoms with van der Waals surface area (Å²) in [6.07, 6.45) is 5.20. The average Bonchev–Trinajstić information content (AvgIpc) is 3.45. The van der Waals surface area contributed by atoms with E-state index in [1.54, 1.807) is 60.4 Å². The normalized spacial score (nSPS) is 13.0. The number of nitro benzene ring substituents is 1. The van der Waals surface area contributed by atoms with E-state index in [-0.39, 0.29) is 23.1 Å². The number of carbonyl (C=O) groups is 2. The minimum atomic E-state index is -0.500. The number of nitro groups is 1. The van der Waals surface area contributed by atoms with Crippen molar-refractivity contribution in [2.24, 2.45) is 7.05 Å². The van der Waals surface area contributed by atoms with Gasteiger partial charge in [-0.3, -0.25) is 19.7 Å². The SMILES string of the molecule is Cn1ccnc1C(=O)c1ccc(NC(=O)c2ccc(NC3CC3)c([N+](=O)[O-])c2)cc1. The molecule has 2 N–H and O–H groups in total. The van der Waals surface area contributed by atoms with Crippen molar-refractivity contribution in [1.29, 1.82) is 0 Å². The van der Waals surface area contributed by atoms with Crippen LogP contribution in [0.1, 0.15) is 39.4 Å². The first kappa shape index (κ1) is 19.3. The van der Waals surface area contributed by atoms with E-state index in [0.29, 0.717) is 22.8 Å². The first-order valence-electron chi connectivity index (χ1n) is 9.41. The lowest BCUT2D eigenvalue weighted by molar-refractivity contribution is -0.384. The standard InChI is InChI=1S/C21H19N5O4/c1-25-11-10-22-20(25)19(27)13-2-5-16(6-3-13)24-21(28)14-4-9-17(23-15-7-8-15)18(12-14)26(29)30/h2-6,9-12,15,23H,7-8H2,1H3,(H,24,28). The molecule has 1 aliphatic carbocycles. The molecule has 0 radical (unpaired) electrons. The second-order valence-corrected chi connectivity index (χ2v) is 7.13. The largest absolute Gasteiger partial charge is 0.377 e. The number of aromatic nitrogens is 2. The number of benzene rings is 2. The third kappa shape index (κ3) is 4.04. The van der Waals surface area contributed by atoms with Crippen LogP contribution in [0.2, 0.25) is 0 Å². The summed E-state index contributed by atoms with van der Waals surface area (Å²) in [4.78, 5) is 39.9. The zero-order chi connectivity index (χ0) is 21.3. The monoisotopic (exact) mass is 405 g/mol. The third-order valence-corrected chi connectivity index (χ3v) is 4.82. The summed E-state index contributed by atoms with van der Waals surface area (Å²) in [6, 6.07) is 11.0. The molecule has 3 aromatic rings. The molecule has 1 aromatic heterocycles. The highest BCUT2D eigenvalue weighted by Gasteiger charge is 2.25. The van der Waals surface area contributed by atoms with Gasteiger partial charge in [0.25, 0.3) is 11.6 Å². The minimum Gasteiger partial charge on any atom is -0.377 e. The maximum Gasteiger partial charge on any atom is 0.293 e. The van der Waals surface area contributed by atoms with Crippen LogP contribution in [0, 0.1) is 10.1 Å². The van der Waals surface area contributed by atoms with Crippen LogP contribution in [0.25, 0.3) is 0 Å². The maximum absolute atomic E-state index is 12.6. The third-order valence-electron chi connectivity index (χ3n) is 4.82. The Balaban J connectivity index is 1.48. The molecule has 0 unspecified atom stereocenters. The van der Waals surface area contributed by atoms with E-state index in [2.05, 4.69) is 15.6 Å². The number of amides is 1. The Morgan fingerprint density at radius 1 is 1.13 bits per heavy atom. The van der Waals surface area contributed by atoms with Crippen LogP contribution < -0.4 is 10.6 Å². The number of rotatable bonds is 7. The molecule has 30 heavy (non-hydrogen) atoms. The number of carbonyl (C=O) groups excluding carboxylic acids is 2. The number of ketones is 1. The van der Waals surface area contributed by atoms with Crippen molar-refractivity contribution in [2.75, 3.05) is 10.6 Å². The topological polar surface area (TPSA) is 119 Å². The van der Waals surface area contributed by atoms with Gasteiger partial charge in [-0.25, -0.2) is 4.98 Å². The Kier molecular flexibility index (Phi) is 5.01. The fraction of sp³-hybridized carbons (Fsp3) is 0.190. The number of hydrogen-bond acceptors (Lipinski definition) is 6. The van der Waals surface area contributed by atoms with E-state index in [9.17, 15) is 19.7 Å². The van der Waals surface area contributed by atoms with Gasteiger partial charge >= 0.3 is 0 Å². The molecule has 1 fully saturated rings. The maximum atomic E-state index is 12.6. The van der Waals surface area contributed by atoms with E-state index in [1.165, 1.54) is 6.07 Å². The van der Waals surface area contributed by atoms with Crippen LogP contribution in [0.4, 0.5) is 17.1 Å². The molecule has 1 aliphatic rings. The van der Waals surface area contributed by atoms with E-state index in [1.807, 2.05) is 0 Å². The van der Waals surface area contributed by atoms with Crippen molar-refractivity contribution in [3.8, 4) is 0 Å². The number of aryl methyl sites for hydroxylation is 1. The first-order valence-corrected chi connectivity index (χ1v) is 9.41. The Bertz CT molecular complexity index is 1130. The summed E-state index contributed by atoms with van der Waals surface area (Å²) >= 11 is 0. The number of imidazole rings is 1. The van der Waals surface area contributed by atoms with Gasteiger partial charge in [-0.1, -0.05) is 0 Å². The van der Waals surface area contributed by atoms with Gasteiger partial charge in [0.15, 0.2) is 5.82 Å². The van der Waals surface area contributed by atoms with Crippen LogP contribution >= 0.6 is 0 Å². The van der Waals surface area contributed by atoms with Gasteiger partial charge < -0.3 is 15.2 Å². The number of nitrogens with zero attached hydrogens (tertiary/aromatic N) is 3. The quantitative estimate of drug-likeness (QED) is 0.353. The Morgan fingerprint density at radius 2 is 1.83 bits per heavy atom. The molecule has 0 saturated heterocycles. The number of anilines is 2. The van der Waals surface area contributed by atoms with Gasteiger partial charge in [-0.15, -0.1) is 0 Å². The van der Waals surface area contributed by atoms with Gasteiger partial charge in [0.05, 0.1) is 4.92 Å². The van der Waals surface area contributed by atoms with Crippen molar-refractivity contribution >= 4 is 28.8 Å². The van der Waals surface area contributed by atoms with Crippen LogP contribution in [-0.4, -0.2) is 32.2 Å². The summed E-state index contributed by atoms with van der Waals surface area (Å²) in [5.41, 5.74) is 1.37. The van der Waals surface area contributed by atoms with Gasteiger partial charge in [0, 0.05) is 48.4 Å². The molecular formula is C21H19N5O4. The second kappa shape index (κ2) is 7.78. The Labute approximate surface area is 171 Å². The van der Waals surface area contributed by atoms with Crippen molar-refractivity contribution in [3.05, 3.63) is 81.9 Å². The lowest BCUT2D eigenvalue weighted by atomic mass is 10.1. The molecule has 1 amide bonds. The van der Waals surface area contributed by atoms with E-state index in [0.717, 1.165) is 12.8 Å². The summed E-state index contributed by atoms with van der Waals surface area (Å²) in [7, 11) is 1.74. The smallest absolute Gasteiger partial charge is 0.293 e. The molecule has 4 rings (SSSR count). The van der Waals surface area contributed by atoms with Crippen LogP contribution in [0.15, 0.2) is 54.9 Å². The molecule has 1 heterocycles. The highest BCUT2D eigenvalue weighted by molar-refractivity contribution is 6.08. The molecule has 9 heteroatoms. The number of nitrogens with one attached hydrogen (secondary N) is 2. The lowest BCUT2D eigenvalue weighted by Crippen LogP contribution is -2.13. The van der Waals surface area contributed by atoms with Gasteiger partial charge in [-0.05, 0) is 49.2 Å². The van der Waals surface area contributed by atoms with E-state index in [4.69, 9.17) is 0 Å². The fourth-order valence-corrected chi connectivity index (χ4v) is 3.02. The van der Waals surface area contributed by atoms with Gasteiger partial charge in [0.2, 0.25) is 5.78 Å². The van der Waals surface area contributed by atoms with Crippen molar-refractivity contribution in [1.82, 2.24) is 9.55 Å². The van der Waals surface area contributed by atoms with Crippen molar-refractivity contribution < 1.29 is 14.5 Å². The fourth-order valence-electron chi connectivity index (χ4n) is 3.02. The van der Waals surface area contributed by atoms with E-state index < -0.39 is 10.8 Å². The highest BCUT2D eigenvalue weighted by atomic mass is 16.6. The molecule has 0 atom stereocenters. The first-order chi connectivity index (χ1) is 14.4. The predicted octanol–water partition coefficient (Wildman–Crippen LogP) is 3.39. The van der Waals surface area contributed by atoms with Gasteiger partial charge in [0.1, 0.15) is 5.69 Å².